The van der Waals surface area contributed by atoms with E-state index in [-0.39, 0.29) is 5.82 Å². The predicted octanol–water partition coefficient (Wildman–Crippen LogP) is 3.32. The number of hydrogen-bond donors (Lipinski definition) is 1. The topological polar surface area (TPSA) is 43.8 Å². The zero-order valence-corrected chi connectivity index (χ0v) is 10.8. The summed E-state index contributed by atoms with van der Waals surface area (Å²) in [5.74, 6) is 0.156. The van der Waals surface area contributed by atoms with Crippen LogP contribution in [0.5, 0.6) is 0 Å². The highest BCUT2D eigenvalue weighted by Crippen LogP contribution is 2.26. The van der Waals surface area contributed by atoms with Crippen molar-refractivity contribution in [3.63, 3.8) is 0 Å². The van der Waals surface area contributed by atoms with E-state index in [9.17, 15) is 4.39 Å². The molecule has 1 heterocycles. The van der Waals surface area contributed by atoms with Gasteiger partial charge in [-0.2, -0.15) is 0 Å². The van der Waals surface area contributed by atoms with Crippen LogP contribution in [0.2, 0.25) is 0 Å². The summed E-state index contributed by atoms with van der Waals surface area (Å²) in [5, 5.41) is 0. The second-order valence-corrected chi connectivity index (χ2v) is 4.57. The molecule has 0 radical (unpaired) electrons. The number of halogens is 1. The number of rotatable bonds is 3. The Bertz CT molecular complexity index is 720. The Kier molecular flexibility index (Phi) is 3.21. The van der Waals surface area contributed by atoms with E-state index in [1.54, 1.807) is 24.5 Å². The zero-order chi connectivity index (χ0) is 13.9. The summed E-state index contributed by atoms with van der Waals surface area (Å²) in [6.07, 6.45) is 1.64. The van der Waals surface area contributed by atoms with Crippen molar-refractivity contribution in [2.75, 3.05) is 5.73 Å². The van der Waals surface area contributed by atoms with Crippen molar-refractivity contribution in [2.45, 2.75) is 6.54 Å². The Hall–Kier alpha value is -2.62. The number of hydrogen-bond acceptors (Lipinski definition) is 2. The van der Waals surface area contributed by atoms with Crippen LogP contribution < -0.4 is 5.73 Å². The van der Waals surface area contributed by atoms with Gasteiger partial charge in [0, 0.05) is 5.56 Å². The molecule has 0 amide bonds. The van der Waals surface area contributed by atoms with E-state index in [0.717, 1.165) is 5.56 Å². The first kappa shape index (κ1) is 12.4. The van der Waals surface area contributed by atoms with Crippen LogP contribution >= 0.6 is 0 Å². The number of nitrogens with two attached hydrogens (primary N) is 1. The number of nitrogen functional groups attached to an aromatic ring is 1. The molecule has 0 bridgehead atoms. The van der Waals surface area contributed by atoms with E-state index < -0.39 is 0 Å². The highest BCUT2D eigenvalue weighted by Gasteiger charge is 2.13. The highest BCUT2D eigenvalue weighted by atomic mass is 19.1. The van der Waals surface area contributed by atoms with Gasteiger partial charge >= 0.3 is 0 Å². The molecule has 0 aliphatic heterocycles. The lowest BCUT2D eigenvalue weighted by Crippen LogP contribution is -2.03. The van der Waals surface area contributed by atoms with E-state index in [1.807, 2.05) is 34.9 Å². The molecule has 4 heteroatoms. The lowest BCUT2D eigenvalue weighted by molar-refractivity contribution is 0.631. The normalized spacial score (nSPS) is 10.7. The molecule has 0 aliphatic rings. The Morgan fingerprint density at radius 1 is 1.00 bits per heavy atom. The van der Waals surface area contributed by atoms with E-state index in [1.165, 1.54) is 6.07 Å². The largest absolute Gasteiger partial charge is 0.383 e. The number of aromatic nitrogens is 2. The lowest BCUT2D eigenvalue weighted by Gasteiger charge is -2.06. The summed E-state index contributed by atoms with van der Waals surface area (Å²) < 4.78 is 15.6. The van der Waals surface area contributed by atoms with Crippen molar-refractivity contribution >= 4 is 5.82 Å². The number of imidazole rings is 1. The fraction of sp³-hybridized carbons (Fsp3) is 0.0625. The first-order valence-electron chi connectivity index (χ1n) is 6.35. The van der Waals surface area contributed by atoms with E-state index >= 15 is 0 Å². The maximum Gasteiger partial charge on any atom is 0.132 e. The molecule has 20 heavy (non-hydrogen) atoms. The van der Waals surface area contributed by atoms with Gasteiger partial charge in [0.05, 0.1) is 12.9 Å². The van der Waals surface area contributed by atoms with Gasteiger partial charge in [-0.15, -0.1) is 0 Å². The molecule has 0 atom stereocenters. The van der Waals surface area contributed by atoms with Crippen LogP contribution in [0.15, 0.2) is 60.9 Å². The minimum Gasteiger partial charge on any atom is -0.383 e. The van der Waals surface area contributed by atoms with Crippen LogP contribution in [0, 0.1) is 5.82 Å². The summed E-state index contributed by atoms with van der Waals surface area (Å²) in [6, 6.07) is 16.5. The molecule has 1 aromatic heterocycles. The summed E-state index contributed by atoms with van der Waals surface area (Å²) >= 11 is 0. The van der Waals surface area contributed by atoms with Crippen molar-refractivity contribution in [1.29, 1.82) is 0 Å². The second-order valence-electron chi connectivity index (χ2n) is 4.57. The third kappa shape index (κ3) is 2.28. The maximum atomic E-state index is 13.8. The molecule has 0 saturated heterocycles. The van der Waals surface area contributed by atoms with Gasteiger partial charge in [-0.25, -0.2) is 9.37 Å². The Balaban J connectivity index is 1.95. The predicted molar refractivity (Wildman–Crippen MR) is 77.6 cm³/mol. The first-order valence-corrected chi connectivity index (χ1v) is 6.35. The summed E-state index contributed by atoms with van der Waals surface area (Å²) in [5.41, 5.74) is 8.12. The van der Waals surface area contributed by atoms with E-state index in [0.29, 0.717) is 23.6 Å². The van der Waals surface area contributed by atoms with Crippen LogP contribution in [-0.2, 0) is 6.54 Å². The van der Waals surface area contributed by atoms with Crippen molar-refractivity contribution in [3.05, 3.63) is 72.3 Å². The SMILES string of the molecule is Nc1c(-c2ccccc2F)ncn1Cc1ccccc1. The van der Waals surface area contributed by atoms with Crippen molar-refractivity contribution < 1.29 is 4.39 Å². The lowest BCUT2D eigenvalue weighted by atomic mass is 10.1. The summed E-state index contributed by atoms with van der Waals surface area (Å²) in [6.45, 7) is 0.619. The summed E-state index contributed by atoms with van der Waals surface area (Å²) in [4.78, 5) is 4.24. The second kappa shape index (κ2) is 5.17. The molecular weight excluding hydrogens is 253 g/mol. The molecule has 3 rings (SSSR count). The van der Waals surface area contributed by atoms with Crippen LogP contribution in [-0.4, -0.2) is 9.55 Å². The van der Waals surface area contributed by atoms with Crippen LogP contribution in [0.25, 0.3) is 11.3 Å². The number of nitrogens with zero attached hydrogens (tertiary/aromatic N) is 2. The van der Waals surface area contributed by atoms with Crippen molar-refractivity contribution in [2.24, 2.45) is 0 Å². The monoisotopic (exact) mass is 267 g/mol. The van der Waals surface area contributed by atoms with Crippen molar-refractivity contribution in [1.82, 2.24) is 9.55 Å². The Morgan fingerprint density at radius 3 is 2.45 bits per heavy atom. The third-order valence-corrected chi connectivity index (χ3v) is 3.20. The Morgan fingerprint density at radius 2 is 1.70 bits per heavy atom. The smallest absolute Gasteiger partial charge is 0.132 e. The van der Waals surface area contributed by atoms with Gasteiger partial charge in [-0.3, -0.25) is 0 Å². The number of anilines is 1. The van der Waals surface area contributed by atoms with Gasteiger partial charge in [-0.05, 0) is 17.7 Å². The van der Waals surface area contributed by atoms with Gasteiger partial charge in [0.25, 0.3) is 0 Å². The van der Waals surface area contributed by atoms with Crippen LogP contribution in [0.1, 0.15) is 5.56 Å². The van der Waals surface area contributed by atoms with Gasteiger partial charge < -0.3 is 10.3 Å². The number of benzene rings is 2. The molecular formula is C16H14FN3. The molecule has 3 aromatic rings. The van der Waals surface area contributed by atoms with Gasteiger partial charge in [0.15, 0.2) is 0 Å². The molecule has 2 aromatic carbocycles. The van der Waals surface area contributed by atoms with Crippen LogP contribution in [0.3, 0.4) is 0 Å². The molecule has 0 fully saturated rings. The molecule has 0 aliphatic carbocycles. The average molecular weight is 267 g/mol. The van der Waals surface area contributed by atoms with E-state index in [4.69, 9.17) is 5.73 Å². The average Bonchev–Trinajstić information content (AvgIpc) is 2.82. The molecule has 2 N–H and O–H groups in total. The fourth-order valence-electron chi connectivity index (χ4n) is 2.16. The molecule has 3 nitrogen and oxygen atoms in total. The Labute approximate surface area is 116 Å². The minimum atomic E-state index is -0.316. The zero-order valence-electron chi connectivity index (χ0n) is 10.8. The quantitative estimate of drug-likeness (QED) is 0.791. The van der Waals surface area contributed by atoms with Gasteiger partial charge in [0.1, 0.15) is 17.3 Å². The third-order valence-electron chi connectivity index (χ3n) is 3.20. The molecule has 0 spiro atoms. The van der Waals surface area contributed by atoms with Gasteiger partial charge in [-0.1, -0.05) is 42.5 Å². The standard InChI is InChI=1S/C16H14FN3/c17-14-9-5-4-8-13(14)15-16(18)20(11-19-15)10-12-6-2-1-3-7-12/h1-9,11H,10,18H2. The molecule has 0 unspecified atom stereocenters. The van der Waals surface area contributed by atoms with E-state index in [2.05, 4.69) is 4.98 Å². The fourth-order valence-corrected chi connectivity index (χ4v) is 2.16. The molecule has 100 valence electrons. The summed E-state index contributed by atoms with van der Waals surface area (Å²) in [7, 11) is 0. The molecule has 0 saturated carbocycles. The minimum absolute atomic E-state index is 0.316. The van der Waals surface area contributed by atoms with Crippen molar-refractivity contribution in [3.8, 4) is 11.3 Å². The first-order chi connectivity index (χ1) is 9.75. The van der Waals surface area contributed by atoms with Gasteiger partial charge in [0.2, 0.25) is 0 Å². The maximum absolute atomic E-state index is 13.8. The van der Waals surface area contributed by atoms with Crippen LogP contribution in [0.4, 0.5) is 10.2 Å². The highest BCUT2D eigenvalue weighted by molar-refractivity contribution is 5.70.